The molecule has 1 saturated heterocycles. The molecule has 1 fully saturated rings. The molecular weight excluding hydrogens is 492 g/mol. The Morgan fingerprint density at radius 1 is 0.564 bits per heavy atom. The molecule has 0 N–H and O–H groups in total. The molecule has 6 heteroatoms. The minimum atomic E-state index is -0.707. The van der Waals surface area contributed by atoms with Crippen LogP contribution in [0, 0.1) is 0 Å². The van der Waals surface area contributed by atoms with Gasteiger partial charge >= 0.3 is 0 Å². The highest BCUT2D eigenvalue weighted by Gasteiger charge is 2.49. The first-order valence-corrected chi connectivity index (χ1v) is 13.3. The van der Waals surface area contributed by atoms with E-state index in [1.54, 1.807) is 12.2 Å². The van der Waals surface area contributed by atoms with Crippen LogP contribution in [0.3, 0.4) is 0 Å². The monoisotopic (exact) mass is 530 g/mol. The van der Waals surface area contributed by atoms with E-state index in [2.05, 4.69) is 13.2 Å². The molecule has 3 aromatic carbocycles. The largest absolute Gasteiger partial charge is 0.375 e. The number of benzene rings is 3. The van der Waals surface area contributed by atoms with Crippen LogP contribution in [0.2, 0.25) is 0 Å². The van der Waals surface area contributed by atoms with E-state index in [0.29, 0.717) is 33.0 Å². The van der Waals surface area contributed by atoms with Gasteiger partial charge in [0.15, 0.2) is 6.29 Å². The van der Waals surface area contributed by atoms with Gasteiger partial charge in [0, 0.05) is 0 Å². The zero-order valence-electron chi connectivity index (χ0n) is 22.3. The van der Waals surface area contributed by atoms with Gasteiger partial charge < -0.3 is 28.4 Å². The van der Waals surface area contributed by atoms with Crippen molar-refractivity contribution in [2.45, 2.75) is 50.5 Å². The Kier molecular flexibility index (Phi) is 11.9. The topological polar surface area (TPSA) is 55.4 Å². The normalized spacial score (nSPS) is 22.8. The van der Waals surface area contributed by atoms with Gasteiger partial charge in [-0.3, -0.25) is 0 Å². The molecule has 3 aromatic rings. The molecule has 0 unspecified atom stereocenters. The molecule has 0 radical (unpaired) electrons. The first kappa shape index (κ1) is 28.9. The van der Waals surface area contributed by atoms with Crippen molar-refractivity contribution in [1.82, 2.24) is 0 Å². The van der Waals surface area contributed by atoms with Gasteiger partial charge in [0.2, 0.25) is 0 Å². The molecule has 39 heavy (non-hydrogen) atoms. The van der Waals surface area contributed by atoms with E-state index in [9.17, 15) is 0 Å². The van der Waals surface area contributed by atoms with Gasteiger partial charge in [-0.15, -0.1) is 13.2 Å². The summed E-state index contributed by atoms with van der Waals surface area (Å²) in [6.45, 7) is 9.70. The summed E-state index contributed by atoms with van der Waals surface area (Å²) in [5.41, 5.74) is 3.15. The number of rotatable bonds is 16. The predicted molar refractivity (Wildman–Crippen MR) is 151 cm³/mol. The molecule has 1 heterocycles. The minimum Gasteiger partial charge on any atom is -0.375 e. The molecule has 0 amide bonds. The van der Waals surface area contributed by atoms with Crippen molar-refractivity contribution in [1.29, 1.82) is 0 Å². The van der Waals surface area contributed by atoms with Crippen LogP contribution in [0.4, 0.5) is 0 Å². The highest BCUT2D eigenvalue weighted by atomic mass is 16.7. The van der Waals surface area contributed by atoms with Gasteiger partial charge in [0.25, 0.3) is 0 Å². The lowest BCUT2D eigenvalue weighted by molar-refractivity contribution is -0.325. The van der Waals surface area contributed by atoms with Crippen LogP contribution >= 0.6 is 0 Å². The second kappa shape index (κ2) is 16.1. The lowest BCUT2D eigenvalue weighted by atomic mass is 9.97. The van der Waals surface area contributed by atoms with Gasteiger partial charge in [0.1, 0.15) is 24.4 Å². The molecule has 4 rings (SSSR count). The van der Waals surface area contributed by atoms with E-state index in [4.69, 9.17) is 28.4 Å². The summed E-state index contributed by atoms with van der Waals surface area (Å²) in [4.78, 5) is 0. The lowest BCUT2D eigenvalue weighted by Gasteiger charge is -2.45. The second-order valence-corrected chi connectivity index (χ2v) is 9.27. The van der Waals surface area contributed by atoms with E-state index in [-0.39, 0.29) is 6.61 Å². The number of hydrogen-bond donors (Lipinski definition) is 0. The fourth-order valence-electron chi connectivity index (χ4n) is 4.44. The molecular formula is C33H38O6. The smallest absolute Gasteiger partial charge is 0.187 e. The maximum atomic E-state index is 6.61. The fourth-order valence-corrected chi connectivity index (χ4v) is 4.44. The summed E-state index contributed by atoms with van der Waals surface area (Å²) in [5, 5.41) is 0. The lowest BCUT2D eigenvalue weighted by Crippen LogP contribution is -2.61. The molecule has 206 valence electrons. The zero-order valence-corrected chi connectivity index (χ0v) is 22.3. The fraction of sp³-hybridized carbons (Fsp3) is 0.333. The summed E-state index contributed by atoms with van der Waals surface area (Å²) in [7, 11) is 0. The summed E-state index contributed by atoms with van der Waals surface area (Å²) >= 11 is 0. The standard InChI is InChI=1S/C33H38O6/c1-3-20-34-25-29-30(36-22-26-14-8-5-9-15-26)31(37-23-27-16-10-6-11-17-27)32(33(39-29)35-21-4-2)38-24-28-18-12-7-13-19-28/h3-19,29-33H,1-2,20-25H2/t29-,30+,31+,32-,33+/m1/s1. The van der Waals surface area contributed by atoms with Gasteiger partial charge in [-0.05, 0) is 16.7 Å². The van der Waals surface area contributed by atoms with Gasteiger partial charge in [-0.1, -0.05) is 103 Å². The van der Waals surface area contributed by atoms with Crippen LogP contribution in [0.25, 0.3) is 0 Å². The first-order valence-electron chi connectivity index (χ1n) is 13.3. The van der Waals surface area contributed by atoms with Crippen LogP contribution in [0.15, 0.2) is 116 Å². The highest BCUT2D eigenvalue weighted by Crippen LogP contribution is 2.31. The van der Waals surface area contributed by atoms with Crippen LogP contribution in [0.5, 0.6) is 0 Å². The second-order valence-electron chi connectivity index (χ2n) is 9.27. The van der Waals surface area contributed by atoms with E-state index in [0.717, 1.165) is 16.7 Å². The third kappa shape index (κ3) is 8.97. The molecule has 5 atom stereocenters. The van der Waals surface area contributed by atoms with Crippen LogP contribution in [-0.2, 0) is 48.2 Å². The molecule has 0 bridgehead atoms. The summed E-state index contributed by atoms with van der Waals surface area (Å²) in [6, 6.07) is 30.1. The summed E-state index contributed by atoms with van der Waals surface area (Å²) < 4.78 is 38.0. The van der Waals surface area contributed by atoms with Crippen molar-refractivity contribution >= 4 is 0 Å². The van der Waals surface area contributed by atoms with Crippen molar-refractivity contribution in [2.75, 3.05) is 19.8 Å². The van der Waals surface area contributed by atoms with Crippen molar-refractivity contribution in [3.63, 3.8) is 0 Å². The first-order chi connectivity index (χ1) is 19.3. The van der Waals surface area contributed by atoms with E-state index >= 15 is 0 Å². The Balaban J connectivity index is 1.62. The van der Waals surface area contributed by atoms with Gasteiger partial charge in [-0.25, -0.2) is 0 Å². The van der Waals surface area contributed by atoms with Crippen molar-refractivity contribution < 1.29 is 28.4 Å². The van der Waals surface area contributed by atoms with E-state index < -0.39 is 30.7 Å². The average Bonchev–Trinajstić information content (AvgIpc) is 2.99. The molecule has 0 aromatic heterocycles. The Hall–Kier alpha value is -3.10. The Labute approximate surface area is 231 Å². The third-order valence-corrected chi connectivity index (χ3v) is 6.34. The molecule has 0 aliphatic carbocycles. The Morgan fingerprint density at radius 3 is 1.51 bits per heavy atom. The van der Waals surface area contributed by atoms with Crippen molar-refractivity contribution in [3.8, 4) is 0 Å². The maximum Gasteiger partial charge on any atom is 0.187 e. The highest BCUT2D eigenvalue weighted by molar-refractivity contribution is 5.15. The number of ether oxygens (including phenoxy) is 6. The molecule has 0 saturated carbocycles. The van der Waals surface area contributed by atoms with Gasteiger partial charge in [-0.2, -0.15) is 0 Å². The summed E-state index contributed by atoms with van der Waals surface area (Å²) in [5.74, 6) is 0. The van der Waals surface area contributed by atoms with Crippen molar-refractivity contribution in [3.05, 3.63) is 133 Å². The van der Waals surface area contributed by atoms with Crippen LogP contribution < -0.4 is 0 Å². The predicted octanol–water partition coefficient (Wildman–Crippen LogP) is 5.87. The Morgan fingerprint density at radius 2 is 1.03 bits per heavy atom. The minimum absolute atomic E-state index is 0.288. The Bertz CT molecular complexity index is 1090. The quantitative estimate of drug-likeness (QED) is 0.171. The average molecular weight is 531 g/mol. The van der Waals surface area contributed by atoms with Gasteiger partial charge in [0.05, 0.1) is 39.6 Å². The van der Waals surface area contributed by atoms with Crippen molar-refractivity contribution in [2.24, 2.45) is 0 Å². The van der Waals surface area contributed by atoms with E-state index in [1.807, 2.05) is 91.0 Å². The number of hydrogen-bond acceptors (Lipinski definition) is 6. The molecule has 1 aliphatic heterocycles. The summed E-state index contributed by atoms with van der Waals surface area (Å²) in [6.07, 6.45) is 0.691. The third-order valence-electron chi connectivity index (χ3n) is 6.34. The zero-order chi connectivity index (χ0) is 27.1. The molecule has 6 nitrogen and oxygen atoms in total. The molecule has 1 aliphatic rings. The molecule has 0 spiro atoms. The SMILES string of the molecule is C=CCOC[C@H]1O[C@H](OCC=C)[C@H](OCc2ccccc2)[C@@H](OCc2ccccc2)[C@H]1OCc1ccccc1. The van der Waals surface area contributed by atoms with Crippen LogP contribution in [-0.4, -0.2) is 50.5 Å². The van der Waals surface area contributed by atoms with E-state index in [1.165, 1.54) is 0 Å². The maximum absolute atomic E-state index is 6.61. The van der Waals surface area contributed by atoms with Crippen LogP contribution in [0.1, 0.15) is 16.7 Å².